The molecule has 2 nitrogen and oxygen atoms in total. The van der Waals surface area contributed by atoms with E-state index in [1.807, 2.05) is 55.2 Å². The molecule has 18 heavy (non-hydrogen) atoms. The minimum atomic E-state index is -0.557. The second-order valence-corrected chi connectivity index (χ2v) is 5.85. The first-order valence-corrected chi connectivity index (χ1v) is 8.31. The topological polar surface area (TPSA) is 30.0 Å². The van der Waals surface area contributed by atoms with E-state index in [2.05, 4.69) is 4.98 Å². The molecule has 1 heterocycles. The molecule has 0 aliphatic rings. The summed E-state index contributed by atoms with van der Waals surface area (Å²) in [4.78, 5) is 16.5. The van der Waals surface area contributed by atoms with Crippen LogP contribution in [0.2, 0.25) is 5.82 Å². The van der Waals surface area contributed by atoms with E-state index < -0.39 is 5.41 Å². The predicted molar refractivity (Wildman–Crippen MR) is 73.8 cm³/mol. The zero-order chi connectivity index (χ0) is 13.0. The Balaban J connectivity index is 2.59. The van der Waals surface area contributed by atoms with Crippen LogP contribution < -0.4 is 0 Å². The normalized spacial score (nSPS) is 13.9. The van der Waals surface area contributed by atoms with Crippen LogP contribution in [0.25, 0.3) is 0 Å². The molecule has 0 saturated carbocycles. The molecule has 0 aliphatic carbocycles. The van der Waals surface area contributed by atoms with E-state index in [0.29, 0.717) is 0 Å². The third kappa shape index (κ3) is 2.24. The third-order valence-corrected chi connectivity index (χ3v) is 4.84. The number of aromatic nitrogens is 1. The molecule has 0 radical (unpaired) electrons. The van der Waals surface area contributed by atoms with Crippen molar-refractivity contribution in [3.8, 4) is 0 Å². The summed E-state index contributed by atoms with van der Waals surface area (Å²) in [7, 11) is 0. The molecule has 0 N–H and O–H groups in total. The standard InChI is InChI=1S/C15H15NOSe/c1-15(14(17)18-2,12-6-4-3-5-7-12)13-8-10-16-11-9-13/h3-11H,1-2H3. The molecule has 2 rings (SSSR count). The van der Waals surface area contributed by atoms with Crippen LogP contribution in [-0.4, -0.2) is 24.6 Å². The fourth-order valence-electron chi connectivity index (χ4n) is 2.06. The summed E-state index contributed by atoms with van der Waals surface area (Å²) in [5.74, 6) is 1.97. The number of carbonyl (C=O) groups excluding carboxylic acids is 1. The van der Waals surface area contributed by atoms with E-state index in [4.69, 9.17) is 0 Å². The second kappa shape index (κ2) is 5.47. The van der Waals surface area contributed by atoms with Gasteiger partial charge in [-0.05, 0) is 0 Å². The summed E-state index contributed by atoms with van der Waals surface area (Å²) in [5.41, 5.74) is 1.50. The number of carbonyl (C=O) groups is 1. The van der Waals surface area contributed by atoms with Crippen molar-refractivity contribution in [3.05, 3.63) is 66.0 Å². The number of rotatable bonds is 4. The van der Waals surface area contributed by atoms with E-state index in [9.17, 15) is 4.79 Å². The van der Waals surface area contributed by atoms with Crippen LogP contribution in [0.15, 0.2) is 54.9 Å². The molecule has 1 aromatic heterocycles. The van der Waals surface area contributed by atoms with Gasteiger partial charge in [0.15, 0.2) is 0 Å². The van der Waals surface area contributed by atoms with Gasteiger partial charge in [-0.2, -0.15) is 0 Å². The SMILES string of the molecule is C[Se]C(=O)C(C)(c1ccccc1)c1ccncc1. The van der Waals surface area contributed by atoms with Gasteiger partial charge >= 0.3 is 114 Å². The number of pyridine rings is 1. The summed E-state index contributed by atoms with van der Waals surface area (Å²) >= 11 is -0.0339. The van der Waals surface area contributed by atoms with Crippen LogP contribution in [0.4, 0.5) is 0 Å². The Morgan fingerprint density at radius 2 is 1.61 bits per heavy atom. The molecule has 0 spiro atoms. The zero-order valence-corrected chi connectivity index (χ0v) is 12.2. The monoisotopic (exact) mass is 305 g/mol. The summed E-state index contributed by atoms with van der Waals surface area (Å²) in [6.07, 6.45) is 3.49. The maximum atomic E-state index is 12.4. The molecular formula is C15H15NOSe. The summed E-state index contributed by atoms with van der Waals surface area (Å²) in [6.45, 7) is 2.01. The first-order chi connectivity index (χ1) is 8.69. The number of hydrogen-bond donors (Lipinski definition) is 0. The molecule has 1 aromatic carbocycles. The second-order valence-electron chi connectivity index (χ2n) is 4.22. The van der Waals surface area contributed by atoms with Gasteiger partial charge in [0.25, 0.3) is 0 Å². The van der Waals surface area contributed by atoms with Gasteiger partial charge in [-0.3, -0.25) is 0 Å². The van der Waals surface area contributed by atoms with Crippen molar-refractivity contribution < 1.29 is 4.79 Å². The predicted octanol–water partition coefficient (Wildman–Crippen LogP) is 2.67. The van der Waals surface area contributed by atoms with Gasteiger partial charge in [0, 0.05) is 0 Å². The van der Waals surface area contributed by atoms with E-state index in [0.717, 1.165) is 11.1 Å². The number of nitrogens with zero attached hydrogens (tertiary/aromatic N) is 1. The Morgan fingerprint density at radius 1 is 1.06 bits per heavy atom. The number of hydrogen-bond acceptors (Lipinski definition) is 2. The Labute approximate surface area is 114 Å². The van der Waals surface area contributed by atoms with E-state index >= 15 is 0 Å². The van der Waals surface area contributed by atoms with E-state index in [1.54, 1.807) is 12.4 Å². The van der Waals surface area contributed by atoms with Gasteiger partial charge in [-0.1, -0.05) is 0 Å². The molecule has 0 amide bonds. The van der Waals surface area contributed by atoms with Crippen molar-refractivity contribution >= 4 is 19.6 Å². The van der Waals surface area contributed by atoms with Crippen molar-refractivity contribution in [1.29, 1.82) is 0 Å². The zero-order valence-electron chi connectivity index (χ0n) is 10.5. The molecule has 0 fully saturated rings. The van der Waals surface area contributed by atoms with Gasteiger partial charge in [0.05, 0.1) is 0 Å². The van der Waals surface area contributed by atoms with Gasteiger partial charge in [-0.15, -0.1) is 0 Å². The molecule has 0 bridgehead atoms. The molecule has 0 aliphatic heterocycles. The quantitative estimate of drug-likeness (QED) is 0.813. The molecule has 3 heteroatoms. The minimum absolute atomic E-state index is 0.0339. The van der Waals surface area contributed by atoms with Crippen LogP contribution in [0, 0.1) is 0 Å². The molecule has 92 valence electrons. The summed E-state index contributed by atoms with van der Waals surface area (Å²) in [6, 6.07) is 13.8. The third-order valence-electron chi connectivity index (χ3n) is 3.20. The molecular weight excluding hydrogens is 289 g/mol. The molecule has 1 unspecified atom stereocenters. The van der Waals surface area contributed by atoms with Crippen LogP contribution in [0.1, 0.15) is 18.1 Å². The van der Waals surface area contributed by atoms with Crippen LogP contribution in [0.5, 0.6) is 0 Å². The number of benzene rings is 1. The van der Waals surface area contributed by atoms with Gasteiger partial charge in [-0.25, -0.2) is 0 Å². The Kier molecular flexibility index (Phi) is 3.95. The van der Waals surface area contributed by atoms with Crippen molar-refractivity contribution in [2.75, 3.05) is 0 Å². The van der Waals surface area contributed by atoms with Gasteiger partial charge in [0.2, 0.25) is 0 Å². The van der Waals surface area contributed by atoms with Crippen molar-refractivity contribution in [2.45, 2.75) is 18.2 Å². The maximum absolute atomic E-state index is 12.4. The van der Waals surface area contributed by atoms with Gasteiger partial charge in [0.1, 0.15) is 0 Å². The fraction of sp³-hybridized carbons (Fsp3) is 0.200. The van der Waals surface area contributed by atoms with E-state index in [1.165, 1.54) is 0 Å². The Morgan fingerprint density at radius 3 is 2.17 bits per heavy atom. The summed E-state index contributed by atoms with van der Waals surface area (Å²) < 4.78 is 0.285. The first-order valence-electron chi connectivity index (χ1n) is 5.74. The van der Waals surface area contributed by atoms with Crippen LogP contribution in [0.3, 0.4) is 0 Å². The fourth-order valence-corrected chi connectivity index (χ4v) is 3.41. The molecule has 2 aromatic rings. The average Bonchev–Trinajstić information content (AvgIpc) is 2.47. The molecule has 1 atom stereocenters. The summed E-state index contributed by atoms with van der Waals surface area (Å²) in [5, 5.41) is 0. The average molecular weight is 304 g/mol. The van der Waals surface area contributed by atoms with Gasteiger partial charge < -0.3 is 0 Å². The van der Waals surface area contributed by atoms with Crippen molar-refractivity contribution in [1.82, 2.24) is 4.98 Å². The Bertz CT molecular complexity index is 485. The molecule has 0 saturated heterocycles. The van der Waals surface area contributed by atoms with Crippen LogP contribution >= 0.6 is 0 Å². The van der Waals surface area contributed by atoms with Crippen LogP contribution in [-0.2, 0) is 10.2 Å². The first kappa shape index (κ1) is 13.0. The van der Waals surface area contributed by atoms with E-state index in [-0.39, 0.29) is 19.6 Å². The Hall–Kier alpha value is -1.44. The van der Waals surface area contributed by atoms with Crippen molar-refractivity contribution in [2.24, 2.45) is 0 Å². The van der Waals surface area contributed by atoms with Crippen molar-refractivity contribution in [3.63, 3.8) is 0 Å².